The van der Waals surface area contributed by atoms with Gasteiger partial charge in [0.25, 0.3) is 0 Å². The zero-order chi connectivity index (χ0) is 16.3. The molecular formula is C18H20N4O. The van der Waals surface area contributed by atoms with Gasteiger partial charge >= 0.3 is 0 Å². The van der Waals surface area contributed by atoms with E-state index in [2.05, 4.69) is 29.1 Å². The highest BCUT2D eigenvalue weighted by Gasteiger charge is 2.18. The minimum Gasteiger partial charge on any atom is -0.396 e. The summed E-state index contributed by atoms with van der Waals surface area (Å²) in [7, 11) is 0. The highest BCUT2D eigenvalue weighted by molar-refractivity contribution is 5.93. The van der Waals surface area contributed by atoms with Gasteiger partial charge in [0.05, 0.1) is 17.4 Å². The predicted octanol–water partition coefficient (Wildman–Crippen LogP) is 3.26. The van der Waals surface area contributed by atoms with Crippen molar-refractivity contribution < 1.29 is 5.11 Å². The maximum atomic E-state index is 9.26. The molecule has 3 aromatic rings. The number of hydrogen-bond donors (Lipinski definition) is 2. The minimum absolute atomic E-state index is 0.141. The molecule has 0 aliphatic heterocycles. The molecule has 23 heavy (non-hydrogen) atoms. The number of nitrogens with one attached hydrogen (secondary N) is 1. The van der Waals surface area contributed by atoms with Gasteiger partial charge in [-0.05, 0) is 44.5 Å². The van der Waals surface area contributed by atoms with Crippen LogP contribution in [-0.4, -0.2) is 32.2 Å². The molecule has 118 valence electrons. The van der Waals surface area contributed by atoms with Gasteiger partial charge < -0.3 is 10.4 Å². The molecule has 0 bridgehead atoms. The molecule has 5 nitrogen and oxygen atoms in total. The average Bonchev–Trinajstić information content (AvgIpc) is 2.55. The molecule has 3 rings (SSSR count). The topological polar surface area (TPSA) is 70.9 Å². The Balaban J connectivity index is 2.11. The Morgan fingerprint density at radius 2 is 1.83 bits per heavy atom. The number of pyridine rings is 3. The molecule has 3 heterocycles. The monoisotopic (exact) mass is 308 g/mol. The minimum atomic E-state index is -0.220. The summed E-state index contributed by atoms with van der Waals surface area (Å²) in [6.45, 7) is 4.29. The fraction of sp³-hybridized carbons (Fsp3) is 0.278. The van der Waals surface area contributed by atoms with Crippen molar-refractivity contribution in [1.82, 2.24) is 15.0 Å². The van der Waals surface area contributed by atoms with E-state index in [1.54, 1.807) is 24.8 Å². The van der Waals surface area contributed by atoms with Gasteiger partial charge in [0.15, 0.2) is 0 Å². The van der Waals surface area contributed by atoms with Gasteiger partial charge in [-0.25, -0.2) is 4.98 Å². The second-order valence-corrected chi connectivity index (χ2v) is 6.17. The van der Waals surface area contributed by atoms with Gasteiger partial charge in [-0.3, -0.25) is 9.97 Å². The number of fused-ring (bicyclic) bond motifs is 1. The number of aliphatic hydroxyl groups excluding tert-OH is 1. The van der Waals surface area contributed by atoms with Crippen molar-refractivity contribution in [1.29, 1.82) is 0 Å². The van der Waals surface area contributed by atoms with E-state index in [1.807, 2.05) is 24.3 Å². The standard InChI is InChI=1S/C18H20N4O/c1-18(2,6-10-23)22-16-11-15(13-3-7-19-8-4-13)21-17-12-20-9-5-14(16)17/h3-5,7-9,11-12,23H,6,10H2,1-2H3,(H,21,22). The van der Waals surface area contributed by atoms with Crippen LogP contribution in [0.4, 0.5) is 5.69 Å². The van der Waals surface area contributed by atoms with Crippen molar-refractivity contribution in [2.45, 2.75) is 25.8 Å². The zero-order valence-electron chi connectivity index (χ0n) is 13.3. The van der Waals surface area contributed by atoms with Crippen LogP contribution >= 0.6 is 0 Å². The Bertz CT molecular complexity index is 802. The Morgan fingerprint density at radius 1 is 1.09 bits per heavy atom. The summed E-state index contributed by atoms with van der Waals surface area (Å²) in [5.74, 6) is 0. The fourth-order valence-corrected chi connectivity index (χ4v) is 2.56. The summed E-state index contributed by atoms with van der Waals surface area (Å²) in [5, 5.41) is 13.8. The Hall–Kier alpha value is -2.53. The third-order valence-corrected chi connectivity index (χ3v) is 3.80. The molecule has 0 radical (unpaired) electrons. The van der Waals surface area contributed by atoms with E-state index >= 15 is 0 Å². The normalized spacial score (nSPS) is 11.6. The first-order valence-electron chi connectivity index (χ1n) is 7.63. The molecule has 0 unspecified atom stereocenters. The maximum Gasteiger partial charge on any atom is 0.0913 e. The van der Waals surface area contributed by atoms with Gasteiger partial charge in [-0.15, -0.1) is 0 Å². The van der Waals surface area contributed by atoms with E-state index in [0.717, 1.165) is 27.8 Å². The highest BCUT2D eigenvalue weighted by atomic mass is 16.3. The molecule has 3 aromatic heterocycles. The Kier molecular flexibility index (Phi) is 4.21. The lowest BCUT2D eigenvalue weighted by Crippen LogP contribution is -2.32. The zero-order valence-corrected chi connectivity index (χ0v) is 13.3. The second-order valence-electron chi connectivity index (χ2n) is 6.17. The van der Waals surface area contributed by atoms with E-state index in [0.29, 0.717) is 6.42 Å². The number of aromatic nitrogens is 3. The molecule has 0 saturated carbocycles. The predicted molar refractivity (Wildman–Crippen MR) is 92.2 cm³/mol. The molecule has 5 heteroatoms. The summed E-state index contributed by atoms with van der Waals surface area (Å²) >= 11 is 0. The number of hydrogen-bond acceptors (Lipinski definition) is 5. The lowest BCUT2D eigenvalue weighted by Gasteiger charge is -2.27. The third kappa shape index (κ3) is 3.46. The van der Waals surface area contributed by atoms with E-state index < -0.39 is 0 Å². The summed E-state index contributed by atoms with van der Waals surface area (Å²) in [4.78, 5) is 12.9. The fourth-order valence-electron chi connectivity index (χ4n) is 2.56. The molecule has 0 aromatic carbocycles. The lowest BCUT2D eigenvalue weighted by atomic mass is 9.99. The largest absolute Gasteiger partial charge is 0.396 e. The molecule has 0 spiro atoms. The van der Waals surface area contributed by atoms with Crippen LogP contribution in [0.1, 0.15) is 20.3 Å². The maximum absolute atomic E-state index is 9.26. The van der Waals surface area contributed by atoms with Crippen LogP contribution in [0, 0.1) is 0 Å². The van der Waals surface area contributed by atoms with Crippen LogP contribution < -0.4 is 5.32 Å². The van der Waals surface area contributed by atoms with Crippen molar-refractivity contribution in [2.75, 3.05) is 11.9 Å². The van der Waals surface area contributed by atoms with Crippen molar-refractivity contribution in [2.24, 2.45) is 0 Å². The number of anilines is 1. The lowest BCUT2D eigenvalue weighted by molar-refractivity contribution is 0.261. The first-order valence-corrected chi connectivity index (χ1v) is 7.63. The third-order valence-electron chi connectivity index (χ3n) is 3.80. The van der Waals surface area contributed by atoms with Crippen LogP contribution in [0.15, 0.2) is 49.1 Å². The Labute approximate surface area is 135 Å². The molecule has 0 saturated heterocycles. The summed E-state index contributed by atoms with van der Waals surface area (Å²) in [6, 6.07) is 7.87. The number of nitrogens with zero attached hydrogens (tertiary/aromatic N) is 3. The van der Waals surface area contributed by atoms with Crippen molar-refractivity contribution in [3.63, 3.8) is 0 Å². The van der Waals surface area contributed by atoms with E-state index in [9.17, 15) is 5.11 Å². The average molecular weight is 308 g/mol. The molecule has 2 N–H and O–H groups in total. The van der Waals surface area contributed by atoms with Crippen LogP contribution in [0.2, 0.25) is 0 Å². The van der Waals surface area contributed by atoms with Gasteiger partial charge in [-0.1, -0.05) is 0 Å². The van der Waals surface area contributed by atoms with Crippen LogP contribution in [0.25, 0.3) is 22.2 Å². The van der Waals surface area contributed by atoms with E-state index in [1.165, 1.54) is 0 Å². The summed E-state index contributed by atoms with van der Waals surface area (Å²) < 4.78 is 0. The van der Waals surface area contributed by atoms with E-state index in [4.69, 9.17) is 4.98 Å². The SMILES string of the molecule is CC(C)(CCO)Nc1cc(-c2ccncc2)nc2cnccc12. The smallest absolute Gasteiger partial charge is 0.0913 e. The summed E-state index contributed by atoms with van der Waals surface area (Å²) in [5.41, 5.74) is 3.48. The van der Waals surface area contributed by atoms with Crippen molar-refractivity contribution in [3.05, 3.63) is 49.1 Å². The van der Waals surface area contributed by atoms with Gasteiger partial charge in [-0.2, -0.15) is 0 Å². The van der Waals surface area contributed by atoms with E-state index in [-0.39, 0.29) is 12.1 Å². The molecule has 0 aliphatic rings. The van der Waals surface area contributed by atoms with Crippen LogP contribution in [0.5, 0.6) is 0 Å². The van der Waals surface area contributed by atoms with Gasteiger partial charge in [0.1, 0.15) is 0 Å². The quantitative estimate of drug-likeness (QED) is 0.757. The van der Waals surface area contributed by atoms with Gasteiger partial charge in [0.2, 0.25) is 0 Å². The van der Waals surface area contributed by atoms with Crippen LogP contribution in [0.3, 0.4) is 0 Å². The number of rotatable bonds is 5. The molecule has 0 aliphatic carbocycles. The molecule has 0 amide bonds. The van der Waals surface area contributed by atoms with Crippen molar-refractivity contribution in [3.8, 4) is 11.3 Å². The molecule has 0 atom stereocenters. The molecule has 0 fully saturated rings. The van der Waals surface area contributed by atoms with Gasteiger partial charge in [0, 0.05) is 47.4 Å². The first kappa shape index (κ1) is 15.4. The van der Waals surface area contributed by atoms with Crippen LogP contribution in [-0.2, 0) is 0 Å². The first-order chi connectivity index (χ1) is 11.1. The highest BCUT2D eigenvalue weighted by Crippen LogP contribution is 2.30. The second kappa shape index (κ2) is 6.30. The van der Waals surface area contributed by atoms with Crippen molar-refractivity contribution >= 4 is 16.6 Å². The molecular weight excluding hydrogens is 288 g/mol. The number of aliphatic hydroxyl groups is 1. The summed E-state index contributed by atoms with van der Waals surface area (Å²) in [6.07, 6.45) is 7.71. The Morgan fingerprint density at radius 3 is 2.57 bits per heavy atom.